The Morgan fingerprint density at radius 1 is 1.10 bits per heavy atom. The minimum Gasteiger partial charge on any atom is -0.337 e. The fourth-order valence-electron chi connectivity index (χ4n) is 3.58. The smallest absolute Gasteiger partial charge is 0.225 e. The number of hydrogen-bond donors (Lipinski definition) is 0. The molecule has 4 heteroatoms. The Labute approximate surface area is 134 Å². The third-order valence-corrected chi connectivity index (χ3v) is 6.17. The van der Waals surface area contributed by atoms with Crippen LogP contribution in [0, 0.1) is 5.92 Å². The number of carbonyl (C=O) groups excluding carboxylic acids is 1. The lowest BCUT2D eigenvalue weighted by Gasteiger charge is -2.37. The van der Waals surface area contributed by atoms with E-state index >= 15 is 0 Å². The van der Waals surface area contributed by atoms with Crippen molar-refractivity contribution in [3.8, 4) is 0 Å². The highest BCUT2D eigenvalue weighted by Gasteiger charge is 2.30. The van der Waals surface area contributed by atoms with Gasteiger partial charge in [-0.3, -0.25) is 4.79 Å². The van der Waals surface area contributed by atoms with Crippen LogP contribution in [0.1, 0.15) is 52.4 Å². The van der Waals surface area contributed by atoms with Crippen LogP contribution in [0.15, 0.2) is 0 Å². The van der Waals surface area contributed by atoms with Gasteiger partial charge in [-0.2, -0.15) is 11.8 Å². The standard InChI is InChI=1S/C17H32N2OS/c1-3-15(4-2)17(20)19-11-8-12-21-14-16(19)13-18-9-6-5-7-10-18/h15-16H,3-14H2,1-2H3. The molecular formula is C17H32N2OS. The van der Waals surface area contributed by atoms with Gasteiger partial charge in [0.05, 0.1) is 6.04 Å². The van der Waals surface area contributed by atoms with Crippen molar-refractivity contribution in [3.05, 3.63) is 0 Å². The van der Waals surface area contributed by atoms with Gasteiger partial charge < -0.3 is 9.80 Å². The molecule has 0 saturated carbocycles. The fraction of sp³-hybridized carbons (Fsp3) is 0.941. The van der Waals surface area contributed by atoms with E-state index in [0.29, 0.717) is 11.9 Å². The number of likely N-dealkylation sites (tertiary alicyclic amines) is 1. The second kappa shape index (κ2) is 9.04. The molecule has 2 fully saturated rings. The van der Waals surface area contributed by atoms with Gasteiger partial charge in [-0.05, 0) is 50.9 Å². The van der Waals surface area contributed by atoms with Crippen molar-refractivity contribution < 1.29 is 4.79 Å². The first-order valence-corrected chi connectivity index (χ1v) is 10.0. The summed E-state index contributed by atoms with van der Waals surface area (Å²) in [5.74, 6) is 2.99. The molecule has 1 unspecified atom stereocenters. The molecular weight excluding hydrogens is 280 g/mol. The highest BCUT2D eigenvalue weighted by atomic mass is 32.2. The Kier molecular flexibility index (Phi) is 7.38. The van der Waals surface area contributed by atoms with E-state index in [1.807, 2.05) is 11.8 Å². The summed E-state index contributed by atoms with van der Waals surface area (Å²) in [5.41, 5.74) is 0. The highest BCUT2D eigenvalue weighted by Crippen LogP contribution is 2.22. The second-order valence-corrected chi connectivity index (χ2v) is 7.64. The maximum Gasteiger partial charge on any atom is 0.225 e. The molecule has 0 aliphatic carbocycles. The summed E-state index contributed by atoms with van der Waals surface area (Å²) in [7, 11) is 0. The van der Waals surface area contributed by atoms with Crippen LogP contribution in [0.25, 0.3) is 0 Å². The van der Waals surface area contributed by atoms with Crippen LogP contribution in [0.4, 0.5) is 0 Å². The molecule has 122 valence electrons. The van der Waals surface area contributed by atoms with Crippen molar-refractivity contribution in [3.63, 3.8) is 0 Å². The Morgan fingerprint density at radius 2 is 1.81 bits per heavy atom. The van der Waals surface area contributed by atoms with Crippen LogP contribution in [0.2, 0.25) is 0 Å². The van der Waals surface area contributed by atoms with E-state index < -0.39 is 0 Å². The first kappa shape index (κ1) is 17.1. The lowest BCUT2D eigenvalue weighted by atomic mass is 10.0. The van der Waals surface area contributed by atoms with Gasteiger partial charge in [-0.15, -0.1) is 0 Å². The minimum atomic E-state index is 0.233. The lowest BCUT2D eigenvalue weighted by molar-refractivity contribution is -0.138. The number of hydrogen-bond acceptors (Lipinski definition) is 3. The summed E-state index contributed by atoms with van der Waals surface area (Å²) in [6.45, 7) is 8.83. The number of piperidine rings is 1. The van der Waals surface area contributed by atoms with E-state index in [0.717, 1.165) is 38.1 Å². The summed E-state index contributed by atoms with van der Waals surface area (Å²) in [6.07, 6.45) is 7.17. The first-order chi connectivity index (χ1) is 10.3. The fourth-order valence-corrected chi connectivity index (χ4v) is 4.64. The Balaban J connectivity index is 2.00. The van der Waals surface area contributed by atoms with Crippen molar-refractivity contribution in [1.82, 2.24) is 9.80 Å². The predicted molar refractivity (Wildman–Crippen MR) is 91.8 cm³/mol. The first-order valence-electron chi connectivity index (χ1n) is 8.86. The molecule has 21 heavy (non-hydrogen) atoms. The molecule has 2 heterocycles. The van der Waals surface area contributed by atoms with Crippen molar-refractivity contribution in [2.24, 2.45) is 5.92 Å². The average Bonchev–Trinajstić information content (AvgIpc) is 2.75. The van der Waals surface area contributed by atoms with E-state index in [-0.39, 0.29) is 5.92 Å². The van der Waals surface area contributed by atoms with Gasteiger partial charge in [0, 0.05) is 24.8 Å². The molecule has 3 nitrogen and oxygen atoms in total. The van der Waals surface area contributed by atoms with Gasteiger partial charge in [-0.25, -0.2) is 0 Å². The van der Waals surface area contributed by atoms with Crippen molar-refractivity contribution >= 4 is 17.7 Å². The van der Waals surface area contributed by atoms with E-state index in [1.165, 1.54) is 38.1 Å². The maximum atomic E-state index is 12.9. The molecule has 0 bridgehead atoms. The molecule has 1 amide bonds. The van der Waals surface area contributed by atoms with Gasteiger partial charge in [0.15, 0.2) is 0 Å². The highest BCUT2D eigenvalue weighted by molar-refractivity contribution is 7.99. The monoisotopic (exact) mass is 312 g/mol. The van der Waals surface area contributed by atoms with Crippen LogP contribution < -0.4 is 0 Å². The summed E-state index contributed by atoms with van der Waals surface area (Å²) in [4.78, 5) is 17.7. The third kappa shape index (κ3) is 4.88. The molecule has 2 aliphatic heterocycles. The Morgan fingerprint density at radius 3 is 2.48 bits per heavy atom. The summed E-state index contributed by atoms with van der Waals surface area (Å²) < 4.78 is 0. The molecule has 1 atom stereocenters. The number of thioether (sulfide) groups is 1. The van der Waals surface area contributed by atoms with Gasteiger partial charge in [0.25, 0.3) is 0 Å². The zero-order chi connectivity index (χ0) is 15.1. The molecule has 2 aliphatic rings. The SMILES string of the molecule is CCC(CC)C(=O)N1CCCSCC1CN1CCCCC1. The van der Waals surface area contributed by atoms with E-state index in [1.54, 1.807) is 0 Å². The molecule has 2 saturated heterocycles. The predicted octanol–water partition coefficient (Wildman–Crippen LogP) is 3.24. The molecule has 0 aromatic carbocycles. The van der Waals surface area contributed by atoms with Crippen molar-refractivity contribution in [1.29, 1.82) is 0 Å². The van der Waals surface area contributed by atoms with Gasteiger partial charge in [-0.1, -0.05) is 20.3 Å². The summed E-state index contributed by atoms with van der Waals surface area (Å²) >= 11 is 2.04. The largest absolute Gasteiger partial charge is 0.337 e. The topological polar surface area (TPSA) is 23.6 Å². The van der Waals surface area contributed by atoms with E-state index in [2.05, 4.69) is 23.6 Å². The van der Waals surface area contributed by atoms with E-state index in [9.17, 15) is 4.79 Å². The summed E-state index contributed by atoms with van der Waals surface area (Å²) in [6, 6.07) is 0.434. The zero-order valence-corrected chi connectivity index (χ0v) is 14.7. The summed E-state index contributed by atoms with van der Waals surface area (Å²) in [5, 5.41) is 0. The molecule has 2 rings (SSSR count). The second-order valence-electron chi connectivity index (χ2n) is 6.49. The van der Waals surface area contributed by atoms with Gasteiger partial charge in [0.2, 0.25) is 5.91 Å². The number of amides is 1. The molecule has 0 spiro atoms. The normalized spacial score (nSPS) is 25.1. The Hall–Kier alpha value is -0.220. The van der Waals surface area contributed by atoms with Crippen molar-refractivity contribution in [2.75, 3.05) is 37.7 Å². The van der Waals surface area contributed by atoms with Gasteiger partial charge >= 0.3 is 0 Å². The third-order valence-electron chi connectivity index (χ3n) is 4.97. The van der Waals surface area contributed by atoms with Crippen LogP contribution >= 0.6 is 11.8 Å². The van der Waals surface area contributed by atoms with E-state index in [4.69, 9.17) is 0 Å². The quantitative estimate of drug-likeness (QED) is 0.778. The number of carbonyl (C=O) groups is 1. The van der Waals surface area contributed by atoms with Crippen LogP contribution in [-0.2, 0) is 4.79 Å². The average molecular weight is 313 g/mol. The molecule has 0 N–H and O–H groups in total. The van der Waals surface area contributed by atoms with Gasteiger partial charge in [0.1, 0.15) is 0 Å². The molecule has 0 aromatic heterocycles. The maximum absolute atomic E-state index is 12.9. The minimum absolute atomic E-state index is 0.233. The lowest BCUT2D eigenvalue weighted by Crippen LogP contribution is -2.50. The van der Waals surface area contributed by atoms with Crippen LogP contribution in [0.5, 0.6) is 0 Å². The van der Waals surface area contributed by atoms with Crippen LogP contribution in [0.3, 0.4) is 0 Å². The molecule has 0 radical (unpaired) electrons. The van der Waals surface area contributed by atoms with Crippen LogP contribution in [-0.4, -0.2) is 59.4 Å². The number of nitrogens with zero attached hydrogens (tertiary/aromatic N) is 2. The zero-order valence-electron chi connectivity index (χ0n) is 13.9. The molecule has 0 aromatic rings. The number of rotatable bonds is 5. The Bertz CT molecular complexity index is 314. The van der Waals surface area contributed by atoms with Crippen molar-refractivity contribution in [2.45, 2.75) is 58.4 Å².